The summed E-state index contributed by atoms with van der Waals surface area (Å²) in [4.78, 5) is 13.2. The maximum Gasteiger partial charge on any atom is 0.322 e. The van der Waals surface area contributed by atoms with Crippen LogP contribution in [0.2, 0.25) is 0 Å². The van der Waals surface area contributed by atoms with E-state index in [0.29, 0.717) is 0 Å². The standard InChI is InChI=1S/C8H15NO2/c1-7(8(10)11-2)9-5-3-4-6-9/h7H,3-6H2,1-2H3/t7-/m0/s1. The molecule has 1 rings (SSSR count). The third-order valence-corrected chi connectivity index (χ3v) is 2.23. The summed E-state index contributed by atoms with van der Waals surface area (Å²) in [6.07, 6.45) is 2.42. The molecule has 64 valence electrons. The lowest BCUT2D eigenvalue weighted by atomic mass is 10.3. The first kappa shape index (κ1) is 8.53. The highest BCUT2D eigenvalue weighted by Crippen LogP contribution is 2.11. The quantitative estimate of drug-likeness (QED) is 0.551. The molecule has 0 aliphatic carbocycles. The number of likely N-dealkylation sites (tertiary alicyclic amines) is 1. The van der Waals surface area contributed by atoms with E-state index in [1.807, 2.05) is 6.92 Å². The summed E-state index contributed by atoms with van der Waals surface area (Å²) >= 11 is 0. The van der Waals surface area contributed by atoms with Crippen LogP contribution in [0.1, 0.15) is 19.8 Å². The molecule has 1 atom stereocenters. The van der Waals surface area contributed by atoms with E-state index < -0.39 is 0 Å². The van der Waals surface area contributed by atoms with Gasteiger partial charge in [-0.25, -0.2) is 0 Å². The predicted molar refractivity (Wildman–Crippen MR) is 42.3 cm³/mol. The lowest BCUT2D eigenvalue weighted by molar-refractivity contribution is -0.145. The molecule has 1 aliphatic heterocycles. The van der Waals surface area contributed by atoms with Crippen LogP contribution in [0.4, 0.5) is 0 Å². The smallest absolute Gasteiger partial charge is 0.322 e. The van der Waals surface area contributed by atoms with Crippen LogP contribution >= 0.6 is 0 Å². The molecule has 0 spiro atoms. The highest BCUT2D eigenvalue weighted by atomic mass is 16.5. The zero-order valence-electron chi connectivity index (χ0n) is 7.17. The third kappa shape index (κ3) is 1.93. The summed E-state index contributed by atoms with van der Waals surface area (Å²) in [5.74, 6) is -0.119. The van der Waals surface area contributed by atoms with Gasteiger partial charge < -0.3 is 4.74 Å². The van der Waals surface area contributed by atoms with Gasteiger partial charge in [0.1, 0.15) is 6.04 Å². The second kappa shape index (κ2) is 3.72. The molecule has 0 aromatic heterocycles. The molecule has 3 heteroatoms. The maximum atomic E-state index is 11.0. The fourth-order valence-electron chi connectivity index (χ4n) is 1.45. The van der Waals surface area contributed by atoms with Gasteiger partial charge in [-0.2, -0.15) is 0 Å². The summed E-state index contributed by atoms with van der Waals surface area (Å²) in [5.41, 5.74) is 0. The van der Waals surface area contributed by atoms with Gasteiger partial charge in [0, 0.05) is 0 Å². The summed E-state index contributed by atoms with van der Waals surface area (Å²) in [7, 11) is 1.44. The van der Waals surface area contributed by atoms with Crippen molar-refractivity contribution in [2.75, 3.05) is 20.2 Å². The van der Waals surface area contributed by atoms with Crippen LogP contribution < -0.4 is 0 Å². The van der Waals surface area contributed by atoms with Gasteiger partial charge in [0.25, 0.3) is 0 Å². The first-order valence-corrected chi connectivity index (χ1v) is 4.07. The lowest BCUT2D eigenvalue weighted by Crippen LogP contribution is -2.37. The fourth-order valence-corrected chi connectivity index (χ4v) is 1.45. The second-order valence-corrected chi connectivity index (χ2v) is 2.94. The molecule has 0 aromatic carbocycles. The van der Waals surface area contributed by atoms with Crippen molar-refractivity contribution in [1.29, 1.82) is 0 Å². The molecule has 0 unspecified atom stereocenters. The van der Waals surface area contributed by atoms with E-state index in [0.717, 1.165) is 13.1 Å². The summed E-state index contributed by atoms with van der Waals surface area (Å²) in [5, 5.41) is 0. The fraction of sp³-hybridized carbons (Fsp3) is 0.875. The average molecular weight is 157 g/mol. The highest BCUT2D eigenvalue weighted by molar-refractivity contribution is 5.75. The third-order valence-electron chi connectivity index (χ3n) is 2.23. The number of nitrogens with zero attached hydrogens (tertiary/aromatic N) is 1. The van der Waals surface area contributed by atoms with Crippen molar-refractivity contribution in [1.82, 2.24) is 4.90 Å². The highest BCUT2D eigenvalue weighted by Gasteiger charge is 2.23. The van der Waals surface area contributed by atoms with Crippen LogP contribution in [0.3, 0.4) is 0 Å². The van der Waals surface area contributed by atoms with Crippen LogP contribution in [0.5, 0.6) is 0 Å². The molecule has 0 saturated carbocycles. The Labute approximate surface area is 67.3 Å². The monoisotopic (exact) mass is 157 g/mol. The second-order valence-electron chi connectivity index (χ2n) is 2.94. The molecular formula is C8H15NO2. The van der Waals surface area contributed by atoms with Crippen molar-refractivity contribution < 1.29 is 9.53 Å². The van der Waals surface area contributed by atoms with Crippen LogP contribution in [0, 0.1) is 0 Å². The van der Waals surface area contributed by atoms with Crippen LogP contribution in [0.15, 0.2) is 0 Å². The minimum absolute atomic E-state index is 0.0532. The molecular weight excluding hydrogens is 142 g/mol. The molecule has 0 N–H and O–H groups in total. The van der Waals surface area contributed by atoms with E-state index in [1.54, 1.807) is 0 Å². The number of methoxy groups -OCH3 is 1. The maximum absolute atomic E-state index is 11.0. The summed E-state index contributed by atoms with van der Waals surface area (Å²) in [6.45, 7) is 3.98. The van der Waals surface area contributed by atoms with Gasteiger partial charge in [0.05, 0.1) is 7.11 Å². The number of carbonyl (C=O) groups is 1. The first-order valence-electron chi connectivity index (χ1n) is 4.07. The van der Waals surface area contributed by atoms with Gasteiger partial charge in [-0.1, -0.05) is 0 Å². The van der Waals surface area contributed by atoms with E-state index in [9.17, 15) is 4.79 Å². The van der Waals surface area contributed by atoms with Crippen molar-refractivity contribution in [2.45, 2.75) is 25.8 Å². The van der Waals surface area contributed by atoms with Crippen molar-refractivity contribution in [2.24, 2.45) is 0 Å². The van der Waals surface area contributed by atoms with E-state index in [2.05, 4.69) is 9.64 Å². The largest absolute Gasteiger partial charge is 0.468 e. The average Bonchev–Trinajstić information content (AvgIpc) is 2.53. The predicted octanol–water partition coefficient (Wildman–Crippen LogP) is 0.644. The Morgan fingerprint density at radius 1 is 1.45 bits per heavy atom. The van der Waals surface area contributed by atoms with E-state index in [-0.39, 0.29) is 12.0 Å². The van der Waals surface area contributed by atoms with E-state index in [1.165, 1.54) is 20.0 Å². The van der Waals surface area contributed by atoms with E-state index in [4.69, 9.17) is 0 Å². The minimum atomic E-state index is -0.119. The Hall–Kier alpha value is -0.570. The number of carbonyl (C=O) groups excluding carboxylic acids is 1. The summed E-state index contributed by atoms with van der Waals surface area (Å²) in [6, 6.07) is -0.0532. The molecule has 1 saturated heterocycles. The number of hydrogen-bond acceptors (Lipinski definition) is 3. The summed E-state index contributed by atoms with van der Waals surface area (Å²) < 4.78 is 4.64. The molecule has 0 amide bonds. The molecule has 3 nitrogen and oxygen atoms in total. The molecule has 0 radical (unpaired) electrons. The lowest BCUT2D eigenvalue weighted by Gasteiger charge is -2.20. The van der Waals surface area contributed by atoms with Crippen molar-refractivity contribution in [3.8, 4) is 0 Å². The molecule has 0 bridgehead atoms. The number of esters is 1. The Morgan fingerprint density at radius 2 is 2.00 bits per heavy atom. The number of rotatable bonds is 2. The van der Waals surface area contributed by atoms with Gasteiger partial charge >= 0.3 is 5.97 Å². The van der Waals surface area contributed by atoms with Crippen molar-refractivity contribution in [3.63, 3.8) is 0 Å². The topological polar surface area (TPSA) is 29.5 Å². The zero-order chi connectivity index (χ0) is 8.27. The van der Waals surface area contributed by atoms with Crippen molar-refractivity contribution in [3.05, 3.63) is 0 Å². The van der Waals surface area contributed by atoms with Gasteiger partial charge in [-0.3, -0.25) is 9.69 Å². The minimum Gasteiger partial charge on any atom is -0.468 e. The number of hydrogen-bond donors (Lipinski definition) is 0. The Balaban J connectivity index is 2.39. The Bertz CT molecular complexity index is 141. The SMILES string of the molecule is COC(=O)[C@H](C)N1CCCC1. The van der Waals surface area contributed by atoms with Crippen LogP contribution in [0.25, 0.3) is 0 Å². The van der Waals surface area contributed by atoms with Crippen LogP contribution in [-0.2, 0) is 9.53 Å². The first-order chi connectivity index (χ1) is 5.25. The molecule has 1 aliphatic rings. The van der Waals surface area contributed by atoms with Gasteiger partial charge in [0.2, 0.25) is 0 Å². The zero-order valence-corrected chi connectivity index (χ0v) is 7.17. The normalized spacial score (nSPS) is 21.6. The van der Waals surface area contributed by atoms with E-state index >= 15 is 0 Å². The molecule has 1 fully saturated rings. The van der Waals surface area contributed by atoms with Crippen molar-refractivity contribution >= 4 is 5.97 Å². The number of ether oxygens (including phenoxy) is 1. The van der Waals surface area contributed by atoms with Gasteiger partial charge in [0.15, 0.2) is 0 Å². The Morgan fingerprint density at radius 3 is 2.45 bits per heavy atom. The van der Waals surface area contributed by atoms with Crippen LogP contribution in [-0.4, -0.2) is 37.1 Å². The molecule has 0 aromatic rings. The van der Waals surface area contributed by atoms with Gasteiger partial charge in [-0.05, 0) is 32.9 Å². The van der Waals surface area contributed by atoms with Gasteiger partial charge in [-0.15, -0.1) is 0 Å². The Kier molecular flexibility index (Phi) is 2.88. The molecule has 11 heavy (non-hydrogen) atoms. The molecule has 1 heterocycles.